The SMILES string of the molecule is COC(=O)c1c2c(c3ccccc3c1OC1OC(CO)C(O)C(O)C1O)OC(C)(C)CC2. The molecular formula is C23H28O9. The standard InChI is InChI=1S/C23H28O9/c1-23(2)9-8-13-15(21(28)29-3)20(12-7-5-4-6-11(12)19(13)32-23)31-22-18(27)17(26)16(25)14(10-24)30-22/h4-7,14,16-18,22,24-27H,8-10H2,1-3H3. The van der Waals surface area contributed by atoms with Gasteiger partial charge in [-0.2, -0.15) is 0 Å². The van der Waals surface area contributed by atoms with Crippen molar-refractivity contribution >= 4 is 16.7 Å². The molecule has 2 heterocycles. The summed E-state index contributed by atoms with van der Waals surface area (Å²) in [5, 5.41) is 41.4. The van der Waals surface area contributed by atoms with Gasteiger partial charge in [-0.25, -0.2) is 4.79 Å². The van der Waals surface area contributed by atoms with Crippen molar-refractivity contribution in [2.45, 2.75) is 63.0 Å². The topological polar surface area (TPSA) is 135 Å². The zero-order valence-corrected chi connectivity index (χ0v) is 18.1. The predicted octanol–water partition coefficient (Wildman–Crippen LogP) is 0.909. The third-order valence-corrected chi connectivity index (χ3v) is 6.05. The van der Waals surface area contributed by atoms with E-state index < -0.39 is 48.9 Å². The molecule has 4 rings (SSSR count). The molecule has 0 saturated carbocycles. The minimum Gasteiger partial charge on any atom is -0.487 e. The van der Waals surface area contributed by atoms with Crippen molar-refractivity contribution in [1.29, 1.82) is 0 Å². The number of benzene rings is 2. The molecule has 32 heavy (non-hydrogen) atoms. The third kappa shape index (κ3) is 3.80. The van der Waals surface area contributed by atoms with Crippen LogP contribution in [0.25, 0.3) is 10.8 Å². The van der Waals surface area contributed by atoms with Gasteiger partial charge in [0.1, 0.15) is 47.1 Å². The van der Waals surface area contributed by atoms with Crippen LogP contribution in [0.5, 0.6) is 11.5 Å². The number of carbonyl (C=O) groups excluding carboxylic acids is 1. The molecule has 2 aliphatic heterocycles. The molecular weight excluding hydrogens is 420 g/mol. The monoisotopic (exact) mass is 448 g/mol. The Hall–Kier alpha value is -2.43. The number of ether oxygens (including phenoxy) is 4. The number of fused-ring (bicyclic) bond motifs is 3. The quantitative estimate of drug-likeness (QED) is 0.503. The van der Waals surface area contributed by atoms with Crippen LogP contribution >= 0.6 is 0 Å². The van der Waals surface area contributed by atoms with E-state index in [-0.39, 0.29) is 11.3 Å². The lowest BCUT2D eigenvalue weighted by Gasteiger charge is -2.40. The zero-order chi connectivity index (χ0) is 23.2. The maximum absolute atomic E-state index is 12.9. The lowest BCUT2D eigenvalue weighted by Crippen LogP contribution is -2.60. The van der Waals surface area contributed by atoms with Crippen LogP contribution in [0, 0.1) is 0 Å². The summed E-state index contributed by atoms with van der Waals surface area (Å²) < 4.78 is 22.8. The normalized spacial score (nSPS) is 29.2. The van der Waals surface area contributed by atoms with Crippen molar-refractivity contribution in [3.63, 3.8) is 0 Å². The number of hydrogen-bond acceptors (Lipinski definition) is 9. The molecule has 0 aromatic heterocycles. The summed E-state index contributed by atoms with van der Waals surface area (Å²) >= 11 is 0. The van der Waals surface area contributed by atoms with E-state index in [4.69, 9.17) is 18.9 Å². The Morgan fingerprint density at radius 1 is 1.12 bits per heavy atom. The molecule has 0 spiro atoms. The first-order valence-corrected chi connectivity index (χ1v) is 10.5. The molecule has 4 N–H and O–H groups in total. The average Bonchev–Trinajstić information content (AvgIpc) is 2.78. The summed E-state index contributed by atoms with van der Waals surface area (Å²) in [6.07, 6.45) is -6.16. The summed E-state index contributed by atoms with van der Waals surface area (Å²) in [7, 11) is 1.26. The lowest BCUT2D eigenvalue weighted by atomic mass is 9.88. The number of aliphatic hydroxyl groups excluding tert-OH is 4. The molecule has 174 valence electrons. The second kappa shape index (κ2) is 8.49. The number of rotatable bonds is 4. The van der Waals surface area contributed by atoms with Crippen LogP contribution in [0.15, 0.2) is 24.3 Å². The Bertz CT molecular complexity index is 1020. The lowest BCUT2D eigenvalue weighted by molar-refractivity contribution is -0.277. The first kappa shape index (κ1) is 22.8. The number of aliphatic hydroxyl groups is 4. The summed E-state index contributed by atoms with van der Waals surface area (Å²) in [6, 6.07) is 7.19. The Morgan fingerprint density at radius 3 is 2.47 bits per heavy atom. The number of esters is 1. The molecule has 0 amide bonds. The van der Waals surface area contributed by atoms with Crippen LogP contribution in [0.2, 0.25) is 0 Å². The predicted molar refractivity (Wildman–Crippen MR) is 113 cm³/mol. The molecule has 5 unspecified atom stereocenters. The van der Waals surface area contributed by atoms with Gasteiger partial charge in [0.05, 0.1) is 13.7 Å². The van der Waals surface area contributed by atoms with E-state index in [1.165, 1.54) is 7.11 Å². The summed E-state index contributed by atoms with van der Waals surface area (Å²) in [5.74, 6) is 0.0344. The van der Waals surface area contributed by atoms with Crippen LogP contribution in [0.1, 0.15) is 36.2 Å². The fourth-order valence-corrected chi connectivity index (χ4v) is 4.26. The maximum atomic E-state index is 12.9. The van der Waals surface area contributed by atoms with E-state index in [1.54, 1.807) is 12.1 Å². The van der Waals surface area contributed by atoms with Gasteiger partial charge < -0.3 is 39.4 Å². The fourth-order valence-electron chi connectivity index (χ4n) is 4.26. The highest BCUT2D eigenvalue weighted by Crippen LogP contribution is 2.46. The van der Waals surface area contributed by atoms with Crippen LogP contribution in [-0.2, 0) is 15.9 Å². The van der Waals surface area contributed by atoms with Gasteiger partial charge in [-0.3, -0.25) is 0 Å². The maximum Gasteiger partial charge on any atom is 0.342 e. The number of carbonyl (C=O) groups is 1. The van der Waals surface area contributed by atoms with Crippen molar-refractivity contribution in [3.8, 4) is 11.5 Å². The molecule has 5 atom stereocenters. The highest BCUT2D eigenvalue weighted by atomic mass is 16.7. The molecule has 2 aliphatic rings. The largest absolute Gasteiger partial charge is 0.487 e. The minimum atomic E-state index is -1.62. The highest BCUT2D eigenvalue weighted by Gasteiger charge is 2.45. The summed E-state index contributed by atoms with van der Waals surface area (Å²) in [5.41, 5.74) is 0.339. The smallest absolute Gasteiger partial charge is 0.342 e. The second-order valence-corrected chi connectivity index (χ2v) is 8.73. The first-order valence-electron chi connectivity index (χ1n) is 10.5. The van der Waals surface area contributed by atoms with E-state index in [0.29, 0.717) is 34.9 Å². The molecule has 0 radical (unpaired) electrons. The Morgan fingerprint density at radius 2 is 1.81 bits per heavy atom. The van der Waals surface area contributed by atoms with Crippen molar-refractivity contribution in [2.24, 2.45) is 0 Å². The van der Waals surface area contributed by atoms with Gasteiger partial charge in [0.25, 0.3) is 0 Å². The van der Waals surface area contributed by atoms with Gasteiger partial charge >= 0.3 is 5.97 Å². The molecule has 0 aliphatic carbocycles. The first-order chi connectivity index (χ1) is 15.2. The second-order valence-electron chi connectivity index (χ2n) is 8.73. The number of hydrogen-bond donors (Lipinski definition) is 4. The van der Waals surface area contributed by atoms with Gasteiger partial charge in [0.15, 0.2) is 0 Å². The third-order valence-electron chi connectivity index (χ3n) is 6.05. The zero-order valence-electron chi connectivity index (χ0n) is 18.1. The van der Waals surface area contributed by atoms with Crippen molar-refractivity contribution in [1.82, 2.24) is 0 Å². The molecule has 1 fully saturated rings. The summed E-state index contributed by atoms with van der Waals surface area (Å²) in [6.45, 7) is 3.35. The van der Waals surface area contributed by atoms with Crippen LogP contribution in [-0.4, -0.2) is 76.4 Å². The average molecular weight is 448 g/mol. The van der Waals surface area contributed by atoms with E-state index in [2.05, 4.69) is 0 Å². The van der Waals surface area contributed by atoms with Gasteiger partial charge in [-0.05, 0) is 26.7 Å². The van der Waals surface area contributed by atoms with Crippen molar-refractivity contribution in [3.05, 3.63) is 35.4 Å². The highest BCUT2D eigenvalue weighted by molar-refractivity contribution is 6.06. The van der Waals surface area contributed by atoms with E-state index >= 15 is 0 Å². The Balaban J connectivity index is 1.89. The van der Waals surface area contributed by atoms with Crippen LogP contribution in [0.3, 0.4) is 0 Å². The van der Waals surface area contributed by atoms with Crippen molar-refractivity contribution in [2.75, 3.05) is 13.7 Å². The van der Waals surface area contributed by atoms with Gasteiger partial charge in [0.2, 0.25) is 6.29 Å². The molecule has 1 saturated heterocycles. The molecule has 9 heteroatoms. The Kier molecular flexibility index (Phi) is 6.04. The molecule has 2 aromatic rings. The molecule has 0 bridgehead atoms. The fraction of sp³-hybridized carbons (Fsp3) is 0.522. The number of methoxy groups -OCH3 is 1. The van der Waals surface area contributed by atoms with Crippen LogP contribution in [0.4, 0.5) is 0 Å². The van der Waals surface area contributed by atoms with Gasteiger partial charge in [-0.1, -0.05) is 24.3 Å². The van der Waals surface area contributed by atoms with E-state index in [1.807, 2.05) is 26.0 Å². The van der Waals surface area contributed by atoms with Crippen molar-refractivity contribution < 1.29 is 44.2 Å². The van der Waals surface area contributed by atoms with E-state index in [9.17, 15) is 25.2 Å². The van der Waals surface area contributed by atoms with Gasteiger partial charge in [0, 0.05) is 16.3 Å². The molecule has 2 aromatic carbocycles. The van der Waals surface area contributed by atoms with E-state index in [0.717, 1.165) is 0 Å². The summed E-state index contributed by atoms with van der Waals surface area (Å²) in [4.78, 5) is 12.9. The van der Waals surface area contributed by atoms with Crippen LogP contribution < -0.4 is 9.47 Å². The Labute approximate surface area is 185 Å². The minimum absolute atomic E-state index is 0.110. The van der Waals surface area contributed by atoms with Gasteiger partial charge in [-0.15, -0.1) is 0 Å². The molecule has 9 nitrogen and oxygen atoms in total.